The third kappa shape index (κ3) is 4.13. The Labute approximate surface area is 172 Å². The average Bonchev–Trinajstić information content (AvgIpc) is 2.75. The van der Waals surface area contributed by atoms with Crippen molar-refractivity contribution in [2.75, 3.05) is 33.3 Å². The summed E-state index contributed by atoms with van der Waals surface area (Å²) in [5.41, 5.74) is 8.23. The van der Waals surface area contributed by atoms with E-state index < -0.39 is 6.04 Å². The topological polar surface area (TPSA) is 80.8 Å². The number of likely N-dealkylation sites (tertiary alicyclic amines) is 2. The summed E-state index contributed by atoms with van der Waals surface area (Å²) >= 11 is 0. The predicted octanol–water partition coefficient (Wildman–Crippen LogP) is 1.14. The molecular weight excluding hydrogens is 368 g/mol. The maximum Gasteiger partial charge on any atom is 0.255 e. The number of ether oxygens (including phenoxy) is 1. The number of amides is 1. The number of hydrogen-bond acceptors (Lipinski definition) is 5. The minimum absolute atomic E-state index is 0.0495. The number of carbonyl (C=O) groups is 1. The fraction of sp³-hybridized carbons (Fsp3) is 0.727. The first-order chi connectivity index (χ1) is 14.0. The molecule has 7 nitrogen and oxygen atoms in total. The Kier molecular flexibility index (Phi) is 6.08. The molecule has 0 aromatic carbocycles. The second-order valence-corrected chi connectivity index (χ2v) is 9.04. The maximum atomic E-state index is 13.2. The first kappa shape index (κ1) is 20.6. The van der Waals surface area contributed by atoms with Crippen molar-refractivity contribution >= 4 is 5.91 Å². The minimum atomic E-state index is -0.645. The van der Waals surface area contributed by atoms with Gasteiger partial charge < -0.3 is 19.9 Å². The highest BCUT2D eigenvalue weighted by Crippen LogP contribution is 2.35. The molecule has 2 saturated heterocycles. The number of hydrogen-bond donors (Lipinski definition) is 1. The molecule has 1 amide bonds. The third-order valence-electron chi connectivity index (χ3n) is 7.00. The summed E-state index contributed by atoms with van der Waals surface area (Å²) in [6, 6.07) is 3.49. The summed E-state index contributed by atoms with van der Waals surface area (Å²) in [6.45, 7) is 6.74. The summed E-state index contributed by atoms with van der Waals surface area (Å²) in [5.74, 6) is 0.456. The molecule has 0 unspecified atom stereocenters. The normalized spacial score (nSPS) is 26.7. The second-order valence-electron chi connectivity index (χ2n) is 9.04. The molecule has 160 valence electrons. The Morgan fingerprint density at radius 2 is 1.97 bits per heavy atom. The van der Waals surface area contributed by atoms with Crippen LogP contribution in [0.4, 0.5) is 0 Å². The smallest absolute Gasteiger partial charge is 0.255 e. The number of carbonyl (C=O) groups excluding carboxylic acids is 1. The summed E-state index contributed by atoms with van der Waals surface area (Å²) in [7, 11) is 1.58. The van der Waals surface area contributed by atoms with Gasteiger partial charge in [0.1, 0.15) is 6.04 Å². The van der Waals surface area contributed by atoms with Gasteiger partial charge in [-0.05, 0) is 51.3 Å². The van der Waals surface area contributed by atoms with Crippen molar-refractivity contribution in [1.29, 1.82) is 0 Å². The molecule has 7 heteroatoms. The Morgan fingerprint density at radius 1 is 1.21 bits per heavy atom. The molecule has 2 bridgehead atoms. The van der Waals surface area contributed by atoms with Gasteiger partial charge in [0.15, 0.2) is 0 Å². The predicted molar refractivity (Wildman–Crippen MR) is 112 cm³/mol. The lowest BCUT2D eigenvalue weighted by Crippen LogP contribution is -2.55. The van der Waals surface area contributed by atoms with Gasteiger partial charge in [0, 0.05) is 50.5 Å². The number of rotatable bonds is 5. The van der Waals surface area contributed by atoms with Crippen molar-refractivity contribution in [3.63, 3.8) is 0 Å². The van der Waals surface area contributed by atoms with Gasteiger partial charge in [0.2, 0.25) is 5.91 Å². The van der Waals surface area contributed by atoms with Crippen molar-refractivity contribution in [1.82, 2.24) is 14.4 Å². The zero-order chi connectivity index (χ0) is 20.5. The van der Waals surface area contributed by atoms with Crippen LogP contribution >= 0.6 is 0 Å². The van der Waals surface area contributed by atoms with Crippen LogP contribution in [0.1, 0.15) is 49.8 Å². The molecule has 29 heavy (non-hydrogen) atoms. The fourth-order valence-electron chi connectivity index (χ4n) is 5.21. The standard InChI is InChI=1S/C22H34N4O3/c1-15(29-2)20(23)22(28)25-11-16-10-18(14-25)19-7-6-17(21(27)26(19)12-16)13-24-8-4-3-5-9-24/h6-7,15-16,18,20H,3-5,8-14,23H2,1-2H3/t15-,16+,18-,20+/m1/s1. The van der Waals surface area contributed by atoms with E-state index in [9.17, 15) is 9.59 Å². The number of nitrogens with zero attached hydrogens (tertiary/aromatic N) is 3. The molecule has 1 aromatic rings. The van der Waals surface area contributed by atoms with Crippen LogP contribution < -0.4 is 11.3 Å². The number of piperidine rings is 2. The molecule has 2 N–H and O–H groups in total. The van der Waals surface area contributed by atoms with Crippen molar-refractivity contribution < 1.29 is 9.53 Å². The van der Waals surface area contributed by atoms with E-state index in [1.54, 1.807) is 7.11 Å². The summed E-state index contributed by atoms with van der Waals surface area (Å²) in [5, 5.41) is 0. The number of pyridine rings is 1. The Hall–Kier alpha value is -1.70. The van der Waals surface area contributed by atoms with E-state index >= 15 is 0 Å². The van der Waals surface area contributed by atoms with Crippen molar-refractivity contribution in [2.24, 2.45) is 11.7 Å². The van der Waals surface area contributed by atoms with Crippen LogP contribution in [-0.4, -0.2) is 65.7 Å². The van der Waals surface area contributed by atoms with Crippen LogP contribution in [0.5, 0.6) is 0 Å². The Morgan fingerprint density at radius 3 is 2.69 bits per heavy atom. The molecule has 3 aliphatic rings. The molecule has 0 saturated carbocycles. The molecule has 1 aromatic heterocycles. The molecule has 0 aliphatic carbocycles. The highest BCUT2D eigenvalue weighted by molar-refractivity contribution is 5.82. The van der Waals surface area contributed by atoms with Gasteiger partial charge in [0.25, 0.3) is 5.56 Å². The summed E-state index contributed by atoms with van der Waals surface area (Å²) in [4.78, 5) is 30.3. The third-order valence-corrected chi connectivity index (χ3v) is 7.00. The first-order valence-electron chi connectivity index (χ1n) is 11.0. The lowest BCUT2D eigenvalue weighted by Gasteiger charge is -2.44. The van der Waals surface area contributed by atoms with Gasteiger partial charge in [-0.15, -0.1) is 0 Å². The first-order valence-corrected chi connectivity index (χ1v) is 11.0. The lowest BCUT2D eigenvalue weighted by molar-refractivity contribution is -0.138. The molecule has 3 aliphatic heterocycles. The van der Waals surface area contributed by atoms with Gasteiger partial charge in [-0.1, -0.05) is 12.5 Å². The molecule has 2 fully saturated rings. The number of methoxy groups -OCH3 is 1. The molecular formula is C22H34N4O3. The fourth-order valence-corrected chi connectivity index (χ4v) is 5.21. The number of fused-ring (bicyclic) bond motifs is 4. The summed E-state index contributed by atoms with van der Waals surface area (Å²) < 4.78 is 7.23. The molecule has 4 heterocycles. The van der Waals surface area contributed by atoms with E-state index in [4.69, 9.17) is 10.5 Å². The van der Waals surface area contributed by atoms with Crippen LogP contribution in [0.25, 0.3) is 0 Å². The average molecular weight is 403 g/mol. The maximum absolute atomic E-state index is 13.2. The van der Waals surface area contributed by atoms with E-state index in [1.165, 1.54) is 19.3 Å². The van der Waals surface area contributed by atoms with Crippen molar-refractivity contribution in [3.8, 4) is 0 Å². The van der Waals surface area contributed by atoms with Crippen LogP contribution in [0.15, 0.2) is 16.9 Å². The number of aromatic nitrogens is 1. The minimum Gasteiger partial charge on any atom is -0.380 e. The summed E-state index contributed by atoms with van der Waals surface area (Å²) in [6.07, 6.45) is 4.47. The lowest BCUT2D eigenvalue weighted by atomic mass is 9.82. The van der Waals surface area contributed by atoms with Crippen LogP contribution in [-0.2, 0) is 22.6 Å². The van der Waals surface area contributed by atoms with E-state index in [1.807, 2.05) is 22.5 Å². The van der Waals surface area contributed by atoms with Gasteiger partial charge in [-0.25, -0.2) is 0 Å². The van der Waals surface area contributed by atoms with E-state index in [0.29, 0.717) is 25.6 Å². The highest BCUT2D eigenvalue weighted by atomic mass is 16.5. The Balaban J connectivity index is 1.51. The monoisotopic (exact) mass is 402 g/mol. The SMILES string of the molecule is CO[C@H](C)[C@H](N)C(=O)N1C[C@@H]2C[C@H](C1)c1ccc(CN3CCCCC3)c(=O)n1C2. The van der Waals surface area contributed by atoms with Crippen molar-refractivity contribution in [3.05, 3.63) is 33.7 Å². The van der Waals surface area contributed by atoms with Crippen LogP contribution in [0, 0.1) is 5.92 Å². The molecule has 0 spiro atoms. The van der Waals surface area contributed by atoms with E-state index in [2.05, 4.69) is 11.0 Å². The second kappa shape index (κ2) is 8.58. The Bertz CT molecular complexity index is 802. The van der Waals surface area contributed by atoms with Gasteiger partial charge in [0.05, 0.1) is 6.10 Å². The number of nitrogens with two attached hydrogens (primary N) is 1. The van der Waals surface area contributed by atoms with E-state index in [-0.39, 0.29) is 23.5 Å². The van der Waals surface area contributed by atoms with Crippen molar-refractivity contribution in [2.45, 2.75) is 63.8 Å². The van der Waals surface area contributed by atoms with Crippen LogP contribution in [0.2, 0.25) is 0 Å². The van der Waals surface area contributed by atoms with Gasteiger partial charge in [-0.3, -0.25) is 14.5 Å². The van der Waals surface area contributed by atoms with Gasteiger partial charge >= 0.3 is 0 Å². The molecule has 4 atom stereocenters. The van der Waals surface area contributed by atoms with Gasteiger partial charge in [-0.2, -0.15) is 0 Å². The molecule has 0 radical (unpaired) electrons. The van der Waals surface area contributed by atoms with E-state index in [0.717, 1.165) is 37.3 Å². The zero-order valence-corrected chi connectivity index (χ0v) is 17.7. The highest BCUT2D eigenvalue weighted by Gasteiger charge is 2.38. The van der Waals surface area contributed by atoms with Crippen LogP contribution in [0.3, 0.4) is 0 Å². The quantitative estimate of drug-likeness (QED) is 0.799. The molecule has 4 rings (SSSR count). The largest absolute Gasteiger partial charge is 0.380 e. The zero-order valence-electron chi connectivity index (χ0n) is 17.7.